The van der Waals surface area contributed by atoms with E-state index in [4.69, 9.17) is 5.11 Å². The monoisotopic (exact) mass is 228 g/mol. The maximum Gasteiger partial charge on any atom is 0.274 e. The van der Waals surface area contributed by atoms with E-state index in [0.29, 0.717) is 12.2 Å². The first-order valence-electron chi connectivity index (χ1n) is 4.82. The molecule has 88 valence electrons. The molecule has 0 aromatic heterocycles. The summed E-state index contributed by atoms with van der Waals surface area (Å²) in [4.78, 5) is 9.82. The third kappa shape index (κ3) is 3.47. The summed E-state index contributed by atoms with van der Waals surface area (Å²) < 4.78 is 13.0. The Morgan fingerprint density at radius 3 is 2.81 bits per heavy atom. The number of non-ortho nitro benzene ring substituents is 1. The molecule has 0 aliphatic heterocycles. The van der Waals surface area contributed by atoms with Gasteiger partial charge in [0.05, 0.1) is 11.0 Å². The van der Waals surface area contributed by atoms with Gasteiger partial charge in [0.2, 0.25) is 0 Å². The second kappa shape index (κ2) is 5.41. The van der Waals surface area contributed by atoms with Crippen molar-refractivity contribution in [3.8, 4) is 0 Å². The zero-order chi connectivity index (χ0) is 12.1. The van der Waals surface area contributed by atoms with Gasteiger partial charge in [-0.3, -0.25) is 10.1 Å². The van der Waals surface area contributed by atoms with Crippen LogP contribution >= 0.6 is 0 Å². The van der Waals surface area contributed by atoms with E-state index in [1.165, 1.54) is 12.1 Å². The van der Waals surface area contributed by atoms with Crippen molar-refractivity contribution in [3.05, 3.63) is 34.1 Å². The van der Waals surface area contributed by atoms with E-state index in [9.17, 15) is 14.5 Å². The zero-order valence-corrected chi connectivity index (χ0v) is 8.81. The third-order valence-corrected chi connectivity index (χ3v) is 2.06. The van der Waals surface area contributed by atoms with E-state index < -0.39 is 10.7 Å². The Bertz CT molecular complexity index is 384. The summed E-state index contributed by atoms with van der Waals surface area (Å²) in [5.74, 6) is -0.657. The SMILES string of the molecule is CC(CO)CNc1cc(F)cc([N+](=O)[O-])c1. The fraction of sp³-hybridized carbons (Fsp3) is 0.400. The summed E-state index contributed by atoms with van der Waals surface area (Å²) in [6.45, 7) is 2.24. The molecule has 0 saturated carbocycles. The predicted octanol–water partition coefficient (Wildman–Crippen LogP) is 1.77. The normalized spacial score (nSPS) is 12.2. The molecular formula is C10H13FN2O3. The van der Waals surface area contributed by atoms with Gasteiger partial charge in [-0.05, 0) is 12.0 Å². The van der Waals surface area contributed by atoms with Crippen LogP contribution in [-0.4, -0.2) is 23.2 Å². The Hall–Kier alpha value is -1.69. The van der Waals surface area contributed by atoms with E-state index >= 15 is 0 Å². The van der Waals surface area contributed by atoms with Crippen molar-refractivity contribution in [2.24, 2.45) is 5.92 Å². The molecule has 0 fully saturated rings. The van der Waals surface area contributed by atoms with Gasteiger partial charge in [-0.2, -0.15) is 0 Å². The number of hydrogen-bond donors (Lipinski definition) is 2. The summed E-state index contributed by atoms with van der Waals surface area (Å²) in [6, 6.07) is 3.30. The molecular weight excluding hydrogens is 215 g/mol. The van der Waals surface area contributed by atoms with Gasteiger partial charge in [0, 0.05) is 24.9 Å². The number of nitro benzene ring substituents is 1. The molecule has 0 spiro atoms. The van der Waals surface area contributed by atoms with Crippen molar-refractivity contribution in [1.82, 2.24) is 0 Å². The lowest BCUT2D eigenvalue weighted by atomic mass is 10.2. The van der Waals surface area contributed by atoms with Crippen LogP contribution in [0.5, 0.6) is 0 Å². The predicted molar refractivity (Wildman–Crippen MR) is 57.8 cm³/mol. The molecule has 16 heavy (non-hydrogen) atoms. The average molecular weight is 228 g/mol. The van der Waals surface area contributed by atoms with E-state index in [2.05, 4.69) is 5.32 Å². The molecule has 1 rings (SSSR count). The Morgan fingerprint density at radius 1 is 1.56 bits per heavy atom. The van der Waals surface area contributed by atoms with Gasteiger partial charge in [-0.1, -0.05) is 6.92 Å². The maximum absolute atomic E-state index is 13.0. The molecule has 0 saturated heterocycles. The summed E-state index contributed by atoms with van der Waals surface area (Å²) in [5, 5.41) is 22.1. The van der Waals surface area contributed by atoms with Crippen LogP contribution in [0.2, 0.25) is 0 Å². The molecule has 0 heterocycles. The van der Waals surface area contributed by atoms with Gasteiger partial charge in [-0.15, -0.1) is 0 Å². The summed E-state index contributed by atoms with van der Waals surface area (Å²) in [5.41, 5.74) is 0.0474. The largest absolute Gasteiger partial charge is 0.396 e. The number of anilines is 1. The Kier molecular flexibility index (Phi) is 4.19. The van der Waals surface area contributed by atoms with Crippen LogP contribution in [0.25, 0.3) is 0 Å². The Labute approximate surface area is 92.1 Å². The molecule has 1 unspecified atom stereocenters. The van der Waals surface area contributed by atoms with Gasteiger partial charge in [0.25, 0.3) is 5.69 Å². The number of hydrogen-bond acceptors (Lipinski definition) is 4. The maximum atomic E-state index is 13.0. The van der Waals surface area contributed by atoms with Gasteiger partial charge in [-0.25, -0.2) is 4.39 Å². The molecule has 1 atom stereocenters. The van der Waals surface area contributed by atoms with E-state index in [1.807, 2.05) is 0 Å². The molecule has 0 aliphatic rings. The number of benzene rings is 1. The minimum Gasteiger partial charge on any atom is -0.396 e. The Morgan fingerprint density at radius 2 is 2.25 bits per heavy atom. The number of aliphatic hydroxyl groups excluding tert-OH is 1. The van der Waals surface area contributed by atoms with Crippen LogP contribution in [0, 0.1) is 21.8 Å². The number of aliphatic hydroxyl groups is 1. The second-order valence-electron chi connectivity index (χ2n) is 3.62. The van der Waals surface area contributed by atoms with Gasteiger partial charge in [0.15, 0.2) is 0 Å². The van der Waals surface area contributed by atoms with Crippen molar-refractivity contribution >= 4 is 11.4 Å². The van der Waals surface area contributed by atoms with E-state index in [-0.39, 0.29) is 18.2 Å². The van der Waals surface area contributed by atoms with Crippen molar-refractivity contribution in [2.75, 3.05) is 18.5 Å². The molecule has 0 radical (unpaired) electrons. The second-order valence-corrected chi connectivity index (χ2v) is 3.62. The molecule has 1 aromatic rings. The lowest BCUT2D eigenvalue weighted by molar-refractivity contribution is -0.385. The van der Waals surface area contributed by atoms with Crippen molar-refractivity contribution < 1.29 is 14.4 Å². The highest BCUT2D eigenvalue weighted by atomic mass is 19.1. The number of nitrogens with one attached hydrogen (secondary N) is 1. The van der Waals surface area contributed by atoms with Crippen LogP contribution in [-0.2, 0) is 0 Å². The van der Waals surface area contributed by atoms with Gasteiger partial charge < -0.3 is 10.4 Å². The standard InChI is InChI=1S/C10H13FN2O3/c1-7(6-14)5-12-9-2-8(11)3-10(4-9)13(15)16/h2-4,7,12,14H,5-6H2,1H3. The highest BCUT2D eigenvalue weighted by molar-refractivity contribution is 5.51. The Balaban J connectivity index is 2.76. The molecule has 2 N–H and O–H groups in total. The quantitative estimate of drug-likeness (QED) is 0.595. The highest BCUT2D eigenvalue weighted by Gasteiger charge is 2.10. The summed E-state index contributed by atoms with van der Waals surface area (Å²) in [7, 11) is 0. The number of nitro groups is 1. The van der Waals surface area contributed by atoms with Crippen LogP contribution < -0.4 is 5.32 Å². The smallest absolute Gasteiger partial charge is 0.274 e. The number of halogens is 1. The molecule has 0 amide bonds. The molecule has 6 heteroatoms. The van der Waals surface area contributed by atoms with Crippen molar-refractivity contribution in [3.63, 3.8) is 0 Å². The van der Waals surface area contributed by atoms with E-state index in [0.717, 1.165) is 6.07 Å². The first-order chi connectivity index (χ1) is 7.52. The number of nitrogens with zero attached hydrogens (tertiary/aromatic N) is 1. The molecule has 0 bridgehead atoms. The molecule has 1 aromatic carbocycles. The molecule has 0 aliphatic carbocycles. The van der Waals surface area contributed by atoms with Crippen molar-refractivity contribution in [2.45, 2.75) is 6.92 Å². The minimum atomic E-state index is -0.659. The minimum absolute atomic E-state index is 0.00215. The summed E-state index contributed by atoms with van der Waals surface area (Å²) in [6.07, 6.45) is 0. The molecule has 5 nitrogen and oxygen atoms in total. The van der Waals surface area contributed by atoms with Gasteiger partial charge >= 0.3 is 0 Å². The van der Waals surface area contributed by atoms with Gasteiger partial charge in [0.1, 0.15) is 5.82 Å². The van der Waals surface area contributed by atoms with Crippen LogP contribution in [0.4, 0.5) is 15.8 Å². The fourth-order valence-electron chi connectivity index (χ4n) is 1.14. The highest BCUT2D eigenvalue weighted by Crippen LogP contribution is 2.20. The lowest BCUT2D eigenvalue weighted by Crippen LogP contribution is -2.14. The fourth-order valence-corrected chi connectivity index (χ4v) is 1.14. The van der Waals surface area contributed by atoms with E-state index in [1.54, 1.807) is 6.92 Å². The van der Waals surface area contributed by atoms with Crippen molar-refractivity contribution in [1.29, 1.82) is 0 Å². The zero-order valence-electron chi connectivity index (χ0n) is 8.81. The first kappa shape index (κ1) is 12.4. The van der Waals surface area contributed by atoms with Crippen LogP contribution in [0.1, 0.15) is 6.92 Å². The summed E-state index contributed by atoms with van der Waals surface area (Å²) >= 11 is 0. The van der Waals surface area contributed by atoms with Crippen LogP contribution in [0.15, 0.2) is 18.2 Å². The number of rotatable bonds is 5. The lowest BCUT2D eigenvalue weighted by Gasteiger charge is -2.10. The third-order valence-electron chi connectivity index (χ3n) is 2.06. The average Bonchev–Trinajstić information content (AvgIpc) is 2.25. The topological polar surface area (TPSA) is 75.4 Å². The van der Waals surface area contributed by atoms with Crippen LogP contribution in [0.3, 0.4) is 0 Å². The first-order valence-corrected chi connectivity index (χ1v) is 4.82.